The highest BCUT2D eigenvalue weighted by Crippen LogP contribution is 2.47. The van der Waals surface area contributed by atoms with Crippen LogP contribution in [-0.2, 0) is 9.59 Å². The number of piperidine rings is 1. The molecule has 0 saturated carbocycles. The standard InChI is InChI=1S/C30H29N3O8S/c1-36-18-6-8-20-25(14-18)42-30(31-20)32-29(35)19-7-10-26(34)33(17-5-9-21-22(13-17)41-15-40-21)27(19)16-11-23(37-2)28(39-4)24(12-16)38-3/h5-6,8-9,11-14,19,27H,7,10,15H2,1-4H3,(H,31,32,35). The molecule has 4 aromatic rings. The summed E-state index contributed by atoms with van der Waals surface area (Å²) in [4.78, 5) is 33.9. The summed E-state index contributed by atoms with van der Waals surface area (Å²) in [7, 11) is 6.17. The number of hydrogen-bond donors (Lipinski definition) is 1. The Bertz CT molecular complexity index is 1650. The van der Waals surface area contributed by atoms with Crippen LogP contribution < -0.4 is 38.6 Å². The third-order valence-corrected chi connectivity index (χ3v) is 8.36. The van der Waals surface area contributed by atoms with Crippen molar-refractivity contribution >= 4 is 44.2 Å². The number of fused-ring (bicyclic) bond motifs is 2. The van der Waals surface area contributed by atoms with Crippen molar-refractivity contribution in [3.63, 3.8) is 0 Å². The van der Waals surface area contributed by atoms with Gasteiger partial charge in [0.05, 0.1) is 50.6 Å². The third-order valence-electron chi connectivity index (χ3n) is 7.42. The maximum absolute atomic E-state index is 14.0. The van der Waals surface area contributed by atoms with Gasteiger partial charge in [-0.1, -0.05) is 11.3 Å². The monoisotopic (exact) mass is 591 g/mol. The van der Waals surface area contributed by atoms with Crippen LogP contribution in [0.2, 0.25) is 0 Å². The van der Waals surface area contributed by atoms with Crippen LogP contribution in [0.5, 0.6) is 34.5 Å². The number of nitrogens with zero attached hydrogens (tertiary/aromatic N) is 2. The average Bonchev–Trinajstić information content (AvgIpc) is 3.65. The highest BCUT2D eigenvalue weighted by molar-refractivity contribution is 7.22. The summed E-state index contributed by atoms with van der Waals surface area (Å²) in [5.74, 6) is 2.02. The van der Waals surface area contributed by atoms with Gasteiger partial charge in [0.25, 0.3) is 0 Å². The molecule has 12 heteroatoms. The Hall–Kier alpha value is -4.71. The number of hydrogen-bond acceptors (Lipinski definition) is 10. The van der Waals surface area contributed by atoms with Crippen molar-refractivity contribution in [3.8, 4) is 34.5 Å². The number of aromatic nitrogens is 1. The Kier molecular flexibility index (Phi) is 7.38. The fourth-order valence-corrected chi connectivity index (χ4v) is 6.34. The first-order chi connectivity index (χ1) is 20.4. The molecule has 42 heavy (non-hydrogen) atoms. The van der Waals surface area contributed by atoms with E-state index < -0.39 is 12.0 Å². The van der Waals surface area contributed by atoms with Gasteiger partial charge in [0.15, 0.2) is 28.1 Å². The molecule has 2 atom stereocenters. The minimum absolute atomic E-state index is 0.0993. The van der Waals surface area contributed by atoms with Crippen LogP contribution in [0.25, 0.3) is 10.2 Å². The summed E-state index contributed by atoms with van der Waals surface area (Å²) in [6.45, 7) is 0.0993. The first-order valence-electron chi connectivity index (χ1n) is 13.2. The van der Waals surface area contributed by atoms with Crippen molar-refractivity contribution in [2.45, 2.75) is 18.9 Å². The van der Waals surface area contributed by atoms with E-state index in [0.29, 0.717) is 57.3 Å². The normalized spacial score (nSPS) is 17.7. The average molecular weight is 592 g/mol. The predicted octanol–water partition coefficient (Wildman–Crippen LogP) is 5.18. The fourth-order valence-electron chi connectivity index (χ4n) is 5.44. The second kappa shape index (κ2) is 11.3. The van der Waals surface area contributed by atoms with E-state index >= 15 is 0 Å². The topological polar surface area (TPSA) is 118 Å². The molecule has 1 fully saturated rings. The second-order valence-corrected chi connectivity index (χ2v) is 10.7. The van der Waals surface area contributed by atoms with E-state index in [-0.39, 0.29) is 25.0 Å². The summed E-state index contributed by atoms with van der Waals surface area (Å²) in [5.41, 5.74) is 1.97. The van der Waals surface area contributed by atoms with Crippen LogP contribution in [0.15, 0.2) is 48.5 Å². The van der Waals surface area contributed by atoms with Gasteiger partial charge in [0.1, 0.15) is 5.75 Å². The molecular formula is C30H29N3O8S. The SMILES string of the molecule is COc1ccc2nc(NC(=O)C3CCC(=O)N(c4ccc5c(c4)OCO5)C3c3cc(OC)c(OC)c(OC)c3)sc2c1. The van der Waals surface area contributed by atoms with Crippen molar-refractivity contribution in [1.29, 1.82) is 0 Å². The molecule has 2 aliphatic rings. The Morgan fingerprint density at radius 1 is 0.952 bits per heavy atom. The smallest absolute Gasteiger partial charge is 0.231 e. The molecule has 0 spiro atoms. The lowest BCUT2D eigenvalue weighted by Crippen LogP contribution is -2.47. The van der Waals surface area contributed by atoms with E-state index in [1.54, 1.807) is 42.3 Å². The Morgan fingerprint density at radius 2 is 1.71 bits per heavy atom. The number of anilines is 2. The number of methoxy groups -OCH3 is 4. The van der Waals surface area contributed by atoms with E-state index in [1.165, 1.54) is 32.7 Å². The number of ether oxygens (including phenoxy) is 6. The molecule has 2 unspecified atom stereocenters. The van der Waals surface area contributed by atoms with Crippen LogP contribution in [-0.4, -0.2) is 52.0 Å². The van der Waals surface area contributed by atoms with Gasteiger partial charge in [0.2, 0.25) is 24.4 Å². The van der Waals surface area contributed by atoms with Gasteiger partial charge in [-0.25, -0.2) is 4.98 Å². The quantitative estimate of drug-likeness (QED) is 0.296. The van der Waals surface area contributed by atoms with Crippen LogP contribution in [0, 0.1) is 5.92 Å². The highest BCUT2D eigenvalue weighted by Gasteiger charge is 2.43. The van der Waals surface area contributed by atoms with Crippen LogP contribution >= 0.6 is 11.3 Å². The Labute approximate surface area is 245 Å². The van der Waals surface area contributed by atoms with Gasteiger partial charge < -0.3 is 38.6 Å². The van der Waals surface area contributed by atoms with E-state index in [9.17, 15) is 9.59 Å². The van der Waals surface area contributed by atoms with Gasteiger partial charge in [0, 0.05) is 18.2 Å². The van der Waals surface area contributed by atoms with Crippen molar-refractivity contribution in [1.82, 2.24) is 4.98 Å². The van der Waals surface area contributed by atoms with Gasteiger partial charge in [-0.05, 0) is 54.4 Å². The molecule has 0 bridgehead atoms. The number of carbonyl (C=O) groups excluding carboxylic acids is 2. The summed E-state index contributed by atoms with van der Waals surface area (Å²) < 4.78 is 34.0. The summed E-state index contributed by atoms with van der Waals surface area (Å²) in [6, 6.07) is 13.7. The number of amides is 2. The van der Waals surface area contributed by atoms with Crippen LogP contribution in [0.1, 0.15) is 24.4 Å². The molecule has 0 aliphatic carbocycles. The van der Waals surface area contributed by atoms with Crippen molar-refractivity contribution in [3.05, 3.63) is 54.1 Å². The fraction of sp³-hybridized carbons (Fsp3) is 0.300. The molecule has 3 aromatic carbocycles. The molecule has 218 valence electrons. The number of nitrogens with one attached hydrogen (secondary N) is 1. The number of rotatable bonds is 8. The number of benzene rings is 3. The zero-order valence-corrected chi connectivity index (χ0v) is 24.3. The van der Waals surface area contributed by atoms with E-state index in [1.807, 2.05) is 18.2 Å². The maximum atomic E-state index is 14.0. The molecule has 1 saturated heterocycles. The van der Waals surface area contributed by atoms with Crippen LogP contribution in [0.3, 0.4) is 0 Å². The van der Waals surface area contributed by atoms with Crippen molar-refractivity contribution in [2.75, 3.05) is 45.4 Å². The van der Waals surface area contributed by atoms with Crippen LogP contribution in [0.4, 0.5) is 10.8 Å². The van der Waals surface area contributed by atoms with Crippen molar-refractivity contribution in [2.24, 2.45) is 5.92 Å². The third kappa shape index (κ3) is 4.87. The maximum Gasteiger partial charge on any atom is 0.231 e. The van der Waals surface area contributed by atoms with Crippen molar-refractivity contribution < 1.29 is 38.0 Å². The largest absolute Gasteiger partial charge is 0.497 e. The minimum atomic E-state index is -0.713. The Morgan fingerprint density at radius 3 is 2.43 bits per heavy atom. The predicted molar refractivity (Wildman–Crippen MR) is 156 cm³/mol. The Balaban J connectivity index is 1.43. The lowest BCUT2D eigenvalue weighted by Gasteiger charge is -2.41. The zero-order valence-electron chi connectivity index (χ0n) is 23.5. The minimum Gasteiger partial charge on any atom is -0.497 e. The highest BCUT2D eigenvalue weighted by atomic mass is 32.1. The van der Waals surface area contributed by atoms with Gasteiger partial charge in [-0.3, -0.25) is 9.59 Å². The lowest BCUT2D eigenvalue weighted by molar-refractivity contribution is -0.125. The first-order valence-corrected chi connectivity index (χ1v) is 14.0. The molecule has 0 radical (unpaired) electrons. The molecule has 6 rings (SSSR count). The molecule has 1 N–H and O–H groups in total. The van der Waals surface area contributed by atoms with Gasteiger partial charge >= 0.3 is 0 Å². The van der Waals surface area contributed by atoms with E-state index in [2.05, 4.69) is 10.3 Å². The summed E-state index contributed by atoms with van der Waals surface area (Å²) >= 11 is 1.35. The summed E-state index contributed by atoms with van der Waals surface area (Å²) in [5, 5.41) is 3.46. The van der Waals surface area contributed by atoms with E-state index in [0.717, 1.165) is 10.2 Å². The zero-order chi connectivity index (χ0) is 29.4. The number of thiazole rings is 1. The van der Waals surface area contributed by atoms with Gasteiger partial charge in [-0.2, -0.15) is 0 Å². The van der Waals surface area contributed by atoms with E-state index in [4.69, 9.17) is 28.4 Å². The first kappa shape index (κ1) is 27.5. The molecule has 2 aliphatic heterocycles. The van der Waals surface area contributed by atoms with Gasteiger partial charge in [-0.15, -0.1) is 0 Å². The molecule has 11 nitrogen and oxygen atoms in total. The molecular weight excluding hydrogens is 562 g/mol. The summed E-state index contributed by atoms with van der Waals surface area (Å²) in [6.07, 6.45) is 0.496. The second-order valence-electron chi connectivity index (χ2n) is 9.69. The molecule has 2 amide bonds. The number of carbonyl (C=O) groups is 2. The molecule has 3 heterocycles. The molecule has 1 aromatic heterocycles. The lowest BCUT2D eigenvalue weighted by atomic mass is 9.83.